The summed E-state index contributed by atoms with van der Waals surface area (Å²) in [6, 6.07) is 10.6. The molecule has 0 aliphatic heterocycles. The van der Waals surface area contributed by atoms with Crippen molar-refractivity contribution in [3.8, 4) is 0 Å². The molecule has 2 aromatic rings. The van der Waals surface area contributed by atoms with E-state index < -0.39 is 5.54 Å². The zero-order chi connectivity index (χ0) is 19.2. The van der Waals surface area contributed by atoms with E-state index in [4.69, 9.17) is 5.73 Å². The van der Waals surface area contributed by atoms with E-state index in [1.54, 1.807) is 0 Å². The predicted octanol–water partition coefficient (Wildman–Crippen LogP) is 2.11. The van der Waals surface area contributed by atoms with Crippen molar-refractivity contribution in [2.24, 2.45) is 11.1 Å². The van der Waals surface area contributed by atoms with Crippen LogP contribution in [0, 0.1) is 5.41 Å². The fourth-order valence-electron chi connectivity index (χ4n) is 3.57. The van der Waals surface area contributed by atoms with Gasteiger partial charge in [0, 0.05) is 12.7 Å². The number of aliphatic hydroxyl groups is 2. The van der Waals surface area contributed by atoms with Crippen molar-refractivity contribution in [2.45, 2.75) is 58.0 Å². The Kier molecular flexibility index (Phi) is 6.92. The third-order valence-corrected chi connectivity index (χ3v) is 5.22. The number of aliphatic hydroxyl groups excluding tert-OH is 2. The number of aryl methyl sites for hydroxylation is 1. The van der Waals surface area contributed by atoms with Crippen molar-refractivity contribution in [2.75, 3.05) is 13.2 Å². The minimum atomic E-state index is -0.969. The van der Waals surface area contributed by atoms with E-state index in [0.29, 0.717) is 18.8 Å². The fourth-order valence-corrected chi connectivity index (χ4v) is 3.57. The van der Waals surface area contributed by atoms with Gasteiger partial charge in [-0.1, -0.05) is 56.3 Å². The molecule has 1 aromatic heterocycles. The SMILES string of the molecule is CCC(c1ccccc1)C(C)(C)Cn1cc(CCC(N)(CO)CO)nn1. The van der Waals surface area contributed by atoms with Gasteiger partial charge in [0.15, 0.2) is 0 Å². The molecule has 6 heteroatoms. The summed E-state index contributed by atoms with van der Waals surface area (Å²) in [5, 5.41) is 27.1. The van der Waals surface area contributed by atoms with Gasteiger partial charge in [0.25, 0.3) is 0 Å². The highest BCUT2D eigenvalue weighted by Crippen LogP contribution is 2.39. The average molecular weight is 361 g/mol. The molecule has 1 unspecified atom stereocenters. The van der Waals surface area contributed by atoms with Crippen LogP contribution in [0.5, 0.6) is 0 Å². The Balaban J connectivity index is 2.04. The molecule has 1 heterocycles. The summed E-state index contributed by atoms with van der Waals surface area (Å²) in [7, 11) is 0. The largest absolute Gasteiger partial charge is 0.394 e. The summed E-state index contributed by atoms with van der Waals surface area (Å²) >= 11 is 0. The van der Waals surface area contributed by atoms with Gasteiger partial charge < -0.3 is 15.9 Å². The molecule has 2 rings (SSSR count). The van der Waals surface area contributed by atoms with Gasteiger partial charge in [-0.15, -0.1) is 5.10 Å². The second kappa shape index (κ2) is 8.75. The molecule has 0 saturated heterocycles. The lowest BCUT2D eigenvalue weighted by molar-refractivity contribution is 0.114. The van der Waals surface area contributed by atoms with Crippen LogP contribution in [-0.4, -0.2) is 44.0 Å². The normalized spacial score (nSPS) is 13.8. The van der Waals surface area contributed by atoms with Gasteiger partial charge in [-0.05, 0) is 36.2 Å². The van der Waals surface area contributed by atoms with Crippen LogP contribution < -0.4 is 5.73 Å². The number of rotatable bonds is 10. The van der Waals surface area contributed by atoms with Crippen LogP contribution in [0.25, 0.3) is 0 Å². The van der Waals surface area contributed by atoms with E-state index in [9.17, 15) is 10.2 Å². The maximum absolute atomic E-state index is 9.29. The Morgan fingerprint density at radius 3 is 2.38 bits per heavy atom. The van der Waals surface area contributed by atoms with Gasteiger partial charge in [-0.2, -0.15) is 0 Å². The highest BCUT2D eigenvalue weighted by atomic mass is 16.3. The lowest BCUT2D eigenvalue weighted by atomic mass is 9.73. The fraction of sp³-hybridized carbons (Fsp3) is 0.600. The van der Waals surface area contributed by atoms with Gasteiger partial charge >= 0.3 is 0 Å². The second-order valence-corrected chi connectivity index (χ2v) is 7.95. The molecule has 0 amide bonds. The molecule has 1 atom stereocenters. The van der Waals surface area contributed by atoms with Crippen molar-refractivity contribution in [1.82, 2.24) is 15.0 Å². The van der Waals surface area contributed by atoms with Crippen molar-refractivity contribution in [3.63, 3.8) is 0 Å². The smallest absolute Gasteiger partial charge is 0.0827 e. The number of benzene rings is 1. The molecule has 144 valence electrons. The second-order valence-electron chi connectivity index (χ2n) is 7.95. The lowest BCUT2D eigenvalue weighted by Gasteiger charge is -2.34. The van der Waals surface area contributed by atoms with Gasteiger partial charge in [-0.25, -0.2) is 0 Å². The summed E-state index contributed by atoms with van der Waals surface area (Å²) in [6.45, 7) is 7.01. The minimum absolute atomic E-state index is 0.0227. The van der Waals surface area contributed by atoms with Crippen LogP contribution in [0.15, 0.2) is 36.5 Å². The molecule has 1 aromatic carbocycles. The predicted molar refractivity (Wildman–Crippen MR) is 103 cm³/mol. The topological polar surface area (TPSA) is 97.2 Å². The van der Waals surface area contributed by atoms with Crippen LogP contribution >= 0.6 is 0 Å². The standard InChI is InChI=1S/C20H32N4O2/c1-4-18(16-8-6-5-7-9-16)19(2,3)13-24-12-17(22-23-24)10-11-20(21,14-25)15-26/h5-9,12,18,25-26H,4,10-11,13-15,21H2,1-3H3. The molecular weight excluding hydrogens is 328 g/mol. The van der Waals surface area contributed by atoms with Crippen LogP contribution in [0.2, 0.25) is 0 Å². The van der Waals surface area contributed by atoms with Crippen molar-refractivity contribution in [1.29, 1.82) is 0 Å². The van der Waals surface area contributed by atoms with E-state index in [2.05, 4.69) is 55.3 Å². The summed E-state index contributed by atoms with van der Waals surface area (Å²) in [5.74, 6) is 0.428. The Morgan fingerprint density at radius 2 is 1.81 bits per heavy atom. The Bertz CT molecular complexity index is 665. The van der Waals surface area contributed by atoms with E-state index in [-0.39, 0.29) is 18.6 Å². The number of hydrogen-bond donors (Lipinski definition) is 3. The molecule has 26 heavy (non-hydrogen) atoms. The van der Waals surface area contributed by atoms with Crippen molar-refractivity contribution < 1.29 is 10.2 Å². The van der Waals surface area contributed by atoms with Crippen LogP contribution in [0.3, 0.4) is 0 Å². The van der Waals surface area contributed by atoms with Gasteiger partial charge in [0.2, 0.25) is 0 Å². The zero-order valence-electron chi connectivity index (χ0n) is 16.1. The number of hydrogen-bond acceptors (Lipinski definition) is 5. The molecule has 4 N–H and O–H groups in total. The molecule has 6 nitrogen and oxygen atoms in total. The van der Waals surface area contributed by atoms with Gasteiger partial charge in [-0.3, -0.25) is 4.68 Å². The third-order valence-electron chi connectivity index (χ3n) is 5.22. The van der Waals surface area contributed by atoms with Crippen molar-refractivity contribution in [3.05, 3.63) is 47.8 Å². The first kappa shape index (κ1) is 20.6. The molecule has 0 saturated carbocycles. The van der Waals surface area contributed by atoms with Crippen LogP contribution in [-0.2, 0) is 13.0 Å². The van der Waals surface area contributed by atoms with E-state index in [1.807, 2.05) is 16.9 Å². The van der Waals surface area contributed by atoms with Crippen molar-refractivity contribution >= 4 is 0 Å². The Hall–Kier alpha value is -1.76. The van der Waals surface area contributed by atoms with E-state index in [1.165, 1.54) is 5.56 Å². The minimum Gasteiger partial charge on any atom is -0.394 e. The average Bonchev–Trinajstić information content (AvgIpc) is 3.07. The van der Waals surface area contributed by atoms with Gasteiger partial charge in [0.05, 0.1) is 24.4 Å². The quantitative estimate of drug-likeness (QED) is 0.603. The van der Waals surface area contributed by atoms with Crippen LogP contribution in [0.4, 0.5) is 0 Å². The molecule has 0 radical (unpaired) electrons. The van der Waals surface area contributed by atoms with E-state index in [0.717, 1.165) is 18.7 Å². The third kappa shape index (κ3) is 5.13. The first-order valence-electron chi connectivity index (χ1n) is 9.28. The molecule has 0 bridgehead atoms. The summed E-state index contributed by atoms with van der Waals surface area (Å²) in [4.78, 5) is 0. The molecular formula is C20H32N4O2. The summed E-state index contributed by atoms with van der Waals surface area (Å²) in [6.07, 6.45) is 4.04. The van der Waals surface area contributed by atoms with Gasteiger partial charge in [0.1, 0.15) is 0 Å². The first-order valence-corrected chi connectivity index (χ1v) is 9.28. The highest BCUT2D eigenvalue weighted by Gasteiger charge is 2.30. The zero-order valence-corrected chi connectivity index (χ0v) is 16.1. The molecule has 0 aliphatic rings. The first-order chi connectivity index (χ1) is 12.3. The number of nitrogens with zero attached hydrogens (tertiary/aromatic N) is 3. The number of nitrogens with two attached hydrogens (primary N) is 1. The lowest BCUT2D eigenvalue weighted by Crippen LogP contribution is -2.47. The monoisotopic (exact) mass is 360 g/mol. The van der Waals surface area contributed by atoms with Crippen LogP contribution in [0.1, 0.15) is 50.8 Å². The maximum atomic E-state index is 9.29. The molecule has 0 aliphatic carbocycles. The maximum Gasteiger partial charge on any atom is 0.0827 e. The molecule has 0 spiro atoms. The van der Waals surface area contributed by atoms with E-state index >= 15 is 0 Å². The number of aromatic nitrogens is 3. The summed E-state index contributed by atoms with van der Waals surface area (Å²) < 4.78 is 1.89. The Morgan fingerprint density at radius 1 is 1.15 bits per heavy atom. The summed E-state index contributed by atoms with van der Waals surface area (Å²) in [5.41, 5.74) is 7.15. The molecule has 0 fully saturated rings. The Labute approximate surface area is 156 Å². The highest BCUT2D eigenvalue weighted by molar-refractivity contribution is 5.21.